The Balaban J connectivity index is 1.98. The lowest BCUT2D eigenvalue weighted by molar-refractivity contribution is 0.118. The highest BCUT2D eigenvalue weighted by molar-refractivity contribution is 4.72. The molecule has 0 radical (unpaired) electrons. The predicted octanol–water partition coefficient (Wildman–Crippen LogP) is 1.88. The van der Waals surface area contributed by atoms with Gasteiger partial charge in [0.05, 0.1) is 0 Å². The second-order valence-electron chi connectivity index (χ2n) is 4.83. The summed E-state index contributed by atoms with van der Waals surface area (Å²) in [6.45, 7) is 11.1. The van der Waals surface area contributed by atoms with Gasteiger partial charge in [0.15, 0.2) is 0 Å². The van der Waals surface area contributed by atoms with Crippen molar-refractivity contribution in [1.82, 2.24) is 10.2 Å². The molecular formula is C13H28N2O. The van der Waals surface area contributed by atoms with Gasteiger partial charge in [-0.15, -0.1) is 0 Å². The van der Waals surface area contributed by atoms with E-state index in [0.29, 0.717) is 6.04 Å². The summed E-state index contributed by atoms with van der Waals surface area (Å²) in [4.78, 5) is 2.56. The maximum atomic E-state index is 5.58. The Morgan fingerprint density at radius 2 is 2.12 bits per heavy atom. The van der Waals surface area contributed by atoms with Gasteiger partial charge in [0.1, 0.15) is 0 Å². The number of hydrogen-bond donors (Lipinski definition) is 1. The maximum absolute atomic E-state index is 5.58. The Bertz CT molecular complexity index is 164. The highest BCUT2D eigenvalue weighted by Crippen LogP contribution is 2.01. The van der Waals surface area contributed by atoms with Gasteiger partial charge in [-0.1, -0.05) is 13.3 Å². The molecule has 1 fully saturated rings. The highest BCUT2D eigenvalue weighted by atomic mass is 16.5. The Morgan fingerprint density at radius 3 is 2.94 bits per heavy atom. The quantitative estimate of drug-likeness (QED) is 0.673. The van der Waals surface area contributed by atoms with Crippen molar-refractivity contribution < 1.29 is 4.74 Å². The molecule has 0 aromatic heterocycles. The summed E-state index contributed by atoms with van der Waals surface area (Å²) in [6.07, 6.45) is 4.89. The molecule has 1 unspecified atom stereocenters. The van der Waals surface area contributed by atoms with E-state index in [1.165, 1.54) is 51.9 Å². The predicted molar refractivity (Wildman–Crippen MR) is 68.9 cm³/mol. The van der Waals surface area contributed by atoms with Crippen LogP contribution in [0.4, 0.5) is 0 Å². The van der Waals surface area contributed by atoms with E-state index in [1.807, 2.05) is 0 Å². The molecule has 0 amide bonds. The second-order valence-corrected chi connectivity index (χ2v) is 4.83. The van der Waals surface area contributed by atoms with Crippen LogP contribution in [0.1, 0.15) is 39.5 Å². The van der Waals surface area contributed by atoms with E-state index in [4.69, 9.17) is 4.74 Å². The minimum absolute atomic E-state index is 0.642. The number of ether oxygens (including phenoxy) is 1. The van der Waals surface area contributed by atoms with Crippen LogP contribution in [0.25, 0.3) is 0 Å². The lowest BCUT2D eigenvalue weighted by Crippen LogP contribution is -2.36. The van der Waals surface area contributed by atoms with Crippen LogP contribution in [0.5, 0.6) is 0 Å². The number of hydrogen-bond acceptors (Lipinski definition) is 3. The summed E-state index contributed by atoms with van der Waals surface area (Å²) < 4.78 is 5.58. The summed E-state index contributed by atoms with van der Waals surface area (Å²) in [5.74, 6) is 0. The fourth-order valence-electron chi connectivity index (χ4n) is 2.14. The largest absolute Gasteiger partial charge is 0.381 e. The van der Waals surface area contributed by atoms with Crippen molar-refractivity contribution in [1.29, 1.82) is 0 Å². The Morgan fingerprint density at radius 1 is 1.31 bits per heavy atom. The van der Waals surface area contributed by atoms with Crippen LogP contribution in [0.2, 0.25) is 0 Å². The minimum atomic E-state index is 0.642. The van der Waals surface area contributed by atoms with Crippen LogP contribution in [-0.4, -0.2) is 50.3 Å². The zero-order chi connectivity index (χ0) is 11.6. The molecule has 1 N–H and O–H groups in total. The van der Waals surface area contributed by atoms with Gasteiger partial charge in [0.25, 0.3) is 0 Å². The van der Waals surface area contributed by atoms with Gasteiger partial charge < -0.3 is 15.0 Å². The number of unbranched alkanes of at least 4 members (excludes halogenated alkanes) is 1. The molecule has 0 aromatic carbocycles. The van der Waals surface area contributed by atoms with Crippen molar-refractivity contribution in [2.45, 2.75) is 45.6 Å². The van der Waals surface area contributed by atoms with E-state index in [1.54, 1.807) is 0 Å². The second kappa shape index (κ2) is 8.97. The third kappa shape index (κ3) is 6.46. The van der Waals surface area contributed by atoms with Gasteiger partial charge in [0.2, 0.25) is 0 Å². The van der Waals surface area contributed by atoms with E-state index < -0.39 is 0 Å². The normalized spacial score (nSPS) is 23.2. The SMILES string of the molecule is CCCCOCCCN1CCCNC(C)C1. The van der Waals surface area contributed by atoms with Crippen LogP contribution < -0.4 is 5.32 Å². The molecule has 1 aliphatic rings. The van der Waals surface area contributed by atoms with Gasteiger partial charge in [-0.05, 0) is 39.3 Å². The van der Waals surface area contributed by atoms with Crippen molar-refractivity contribution in [2.75, 3.05) is 39.4 Å². The molecule has 0 aliphatic carbocycles. The fraction of sp³-hybridized carbons (Fsp3) is 1.00. The molecule has 0 spiro atoms. The first-order valence-electron chi connectivity index (χ1n) is 6.86. The van der Waals surface area contributed by atoms with Crippen molar-refractivity contribution in [3.63, 3.8) is 0 Å². The summed E-state index contributed by atoms with van der Waals surface area (Å²) in [5, 5.41) is 3.52. The molecule has 1 aliphatic heterocycles. The summed E-state index contributed by atoms with van der Waals surface area (Å²) >= 11 is 0. The molecule has 3 heteroatoms. The fourth-order valence-corrected chi connectivity index (χ4v) is 2.14. The molecular weight excluding hydrogens is 200 g/mol. The van der Waals surface area contributed by atoms with Crippen LogP contribution in [0.3, 0.4) is 0 Å². The number of rotatable bonds is 7. The molecule has 1 saturated heterocycles. The minimum Gasteiger partial charge on any atom is -0.381 e. The maximum Gasteiger partial charge on any atom is 0.0478 e. The smallest absolute Gasteiger partial charge is 0.0478 e. The van der Waals surface area contributed by atoms with Crippen LogP contribution in [0, 0.1) is 0 Å². The first kappa shape index (κ1) is 13.9. The van der Waals surface area contributed by atoms with E-state index in [-0.39, 0.29) is 0 Å². The molecule has 3 nitrogen and oxygen atoms in total. The van der Waals surface area contributed by atoms with Crippen molar-refractivity contribution >= 4 is 0 Å². The molecule has 1 rings (SSSR count). The van der Waals surface area contributed by atoms with Gasteiger partial charge in [-0.25, -0.2) is 0 Å². The van der Waals surface area contributed by atoms with Gasteiger partial charge >= 0.3 is 0 Å². The monoisotopic (exact) mass is 228 g/mol. The van der Waals surface area contributed by atoms with Gasteiger partial charge in [-0.3, -0.25) is 0 Å². The van der Waals surface area contributed by atoms with Crippen LogP contribution in [-0.2, 0) is 4.74 Å². The topological polar surface area (TPSA) is 24.5 Å². The molecule has 0 aromatic rings. The van der Waals surface area contributed by atoms with E-state index in [0.717, 1.165) is 13.2 Å². The third-order valence-corrected chi connectivity index (χ3v) is 3.08. The van der Waals surface area contributed by atoms with Crippen molar-refractivity contribution in [3.05, 3.63) is 0 Å². The lowest BCUT2D eigenvalue weighted by atomic mass is 10.3. The molecule has 0 saturated carbocycles. The van der Waals surface area contributed by atoms with E-state index in [2.05, 4.69) is 24.1 Å². The van der Waals surface area contributed by atoms with Crippen LogP contribution in [0.15, 0.2) is 0 Å². The third-order valence-electron chi connectivity index (χ3n) is 3.08. The summed E-state index contributed by atoms with van der Waals surface area (Å²) in [6, 6.07) is 0.642. The number of nitrogens with zero attached hydrogens (tertiary/aromatic N) is 1. The zero-order valence-corrected chi connectivity index (χ0v) is 11.0. The summed E-state index contributed by atoms with van der Waals surface area (Å²) in [5.41, 5.74) is 0. The average Bonchev–Trinajstić information content (AvgIpc) is 2.48. The highest BCUT2D eigenvalue weighted by Gasteiger charge is 2.12. The Labute approximate surface area is 101 Å². The van der Waals surface area contributed by atoms with Gasteiger partial charge in [-0.2, -0.15) is 0 Å². The lowest BCUT2D eigenvalue weighted by Gasteiger charge is -2.22. The molecule has 96 valence electrons. The van der Waals surface area contributed by atoms with E-state index >= 15 is 0 Å². The standard InChI is InChI=1S/C13H28N2O/c1-3-4-10-16-11-6-9-15-8-5-7-14-13(2)12-15/h13-14H,3-12H2,1-2H3. The average molecular weight is 228 g/mol. The van der Waals surface area contributed by atoms with Crippen LogP contribution >= 0.6 is 0 Å². The zero-order valence-electron chi connectivity index (χ0n) is 11.0. The Kier molecular flexibility index (Phi) is 7.81. The van der Waals surface area contributed by atoms with Gasteiger partial charge in [0, 0.05) is 32.3 Å². The van der Waals surface area contributed by atoms with E-state index in [9.17, 15) is 0 Å². The molecule has 1 heterocycles. The molecule has 16 heavy (non-hydrogen) atoms. The molecule has 1 atom stereocenters. The Hall–Kier alpha value is -0.120. The molecule has 0 bridgehead atoms. The number of nitrogens with one attached hydrogen (secondary N) is 1. The first-order chi connectivity index (χ1) is 7.83. The summed E-state index contributed by atoms with van der Waals surface area (Å²) in [7, 11) is 0. The van der Waals surface area contributed by atoms with Crippen molar-refractivity contribution in [2.24, 2.45) is 0 Å². The first-order valence-corrected chi connectivity index (χ1v) is 6.86. The van der Waals surface area contributed by atoms with Crippen molar-refractivity contribution in [3.8, 4) is 0 Å².